The Morgan fingerprint density at radius 3 is 2.31 bits per heavy atom. The zero-order valence-electron chi connectivity index (χ0n) is 7.88. The van der Waals surface area contributed by atoms with E-state index in [2.05, 4.69) is 36.4 Å². The highest BCUT2D eigenvalue weighted by Gasteiger charge is 2.07. The number of hydrogen-bond donors (Lipinski definition) is 0. The molecular formula is C11H13IO. The van der Waals surface area contributed by atoms with E-state index in [1.807, 2.05) is 24.3 Å². The molecule has 0 unspecified atom stereocenters. The monoisotopic (exact) mass is 288 g/mol. The fraction of sp³-hybridized carbons (Fsp3) is 0.364. The van der Waals surface area contributed by atoms with Gasteiger partial charge in [-0.05, 0) is 40.6 Å². The van der Waals surface area contributed by atoms with E-state index in [1.54, 1.807) is 0 Å². The van der Waals surface area contributed by atoms with Gasteiger partial charge in [0.05, 0.1) is 0 Å². The van der Waals surface area contributed by atoms with Crippen molar-refractivity contribution in [3.05, 3.63) is 33.4 Å². The van der Waals surface area contributed by atoms with Crippen LogP contribution in [0.4, 0.5) is 0 Å². The largest absolute Gasteiger partial charge is 0.294 e. The highest BCUT2D eigenvalue weighted by atomic mass is 127. The van der Waals surface area contributed by atoms with E-state index in [0.717, 1.165) is 5.56 Å². The first-order valence-corrected chi connectivity index (χ1v) is 5.46. The van der Waals surface area contributed by atoms with Crippen molar-refractivity contribution in [1.29, 1.82) is 0 Å². The van der Waals surface area contributed by atoms with Gasteiger partial charge in [-0.15, -0.1) is 0 Å². The Morgan fingerprint density at radius 1 is 1.31 bits per heavy atom. The molecule has 1 aromatic carbocycles. The molecule has 0 aliphatic carbocycles. The molecule has 2 heteroatoms. The zero-order chi connectivity index (χ0) is 9.84. The van der Waals surface area contributed by atoms with E-state index >= 15 is 0 Å². The average molecular weight is 288 g/mol. The second kappa shape index (κ2) is 4.74. The fourth-order valence-electron chi connectivity index (χ4n) is 1.12. The Bertz CT molecular complexity index is 287. The van der Waals surface area contributed by atoms with Crippen molar-refractivity contribution in [2.75, 3.05) is 0 Å². The first-order chi connectivity index (χ1) is 6.09. The van der Waals surface area contributed by atoms with Gasteiger partial charge in [-0.3, -0.25) is 4.79 Å². The summed E-state index contributed by atoms with van der Waals surface area (Å²) in [6.07, 6.45) is 0.639. The van der Waals surface area contributed by atoms with E-state index in [-0.39, 0.29) is 5.78 Å². The van der Waals surface area contributed by atoms with Crippen molar-refractivity contribution < 1.29 is 4.79 Å². The molecule has 0 saturated carbocycles. The van der Waals surface area contributed by atoms with Crippen LogP contribution >= 0.6 is 22.6 Å². The van der Waals surface area contributed by atoms with Gasteiger partial charge in [0, 0.05) is 15.6 Å². The quantitative estimate of drug-likeness (QED) is 0.614. The Kier molecular flexibility index (Phi) is 3.90. The third kappa shape index (κ3) is 3.46. The van der Waals surface area contributed by atoms with Gasteiger partial charge in [-0.25, -0.2) is 0 Å². The van der Waals surface area contributed by atoms with Crippen LogP contribution in [0, 0.1) is 9.49 Å². The lowest BCUT2D eigenvalue weighted by Crippen LogP contribution is -2.03. The van der Waals surface area contributed by atoms with E-state index in [1.165, 1.54) is 3.57 Å². The first-order valence-electron chi connectivity index (χ1n) is 4.38. The molecule has 0 heterocycles. The molecule has 1 aromatic rings. The minimum atomic E-state index is 0.242. The Balaban J connectivity index is 2.72. The predicted octanol–water partition coefficient (Wildman–Crippen LogP) is 3.52. The molecule has 0 aliphatic heterocycles. The standard InChI is InChI=1S/C11H13IO/c1-8(2)7-11(13)9-3-5-10(12)6-4-9/h3-6,8H,7H2,1-2H3. The van der Waals surface area contributed by atoms with Crippen LogP contribution in [-0.2, 0) is 0 Å². The summed E-state index contributed by atoms with van der Waals surface area (Å²) < 4.78 is 1.17. The summed E-state index contributed by atoms with van der Waals surface area (Å²) >= 11 is 2.23. The molecule has 1 rings (SSSR count). The summed E-state index contributed by atoms with van der Waals surface area (Å²) in [5.41, 5.74) is 0.828. The first kappa shape index (κ1) is 10.7. The van der Waals surface area contributed by atoms with Crippen LogP contribution in [0.3, 0.4) is 0 Å². The molecular weight excluding hydrogens is 275 g/mol. The summed E-state index contributed by atoms with van der Waals surface area (Å²) in [6, 6.07) is 7.72. The zero-order valence-corrected chi connectivity index (χ0v) is 10.0. The second-order valence-corrected chi connectivity index (χ2v) is 4.77. The van der Waals surface area contributed by atoms with Gasteiger partial charge in [-0.1, -0.05) is 26.0 Å². The number of carbonyl (C=O) groups excluding carboxylic acids is 1. The summed E-state index contributed by atoms with van der Waals surface area (Å²) in [7, 11) is 0. The molecule has 0 saturated heterocycles. The van der Waals surface area contributed by atoms with Crippen LogP contribution in [0.25, 0.3) is 0 Å². The third-order valence-electron chi connectivity index (χ3n) is 1.76. The van der Waals surface area contributed by atoms with Crippen molar-refractivity contribution >= 4 is 28.4 Å². The average Bonchev–Trinajstić information content (AvgIpc) is 2.04. The molecule has 0 aromatic heterocycles. The summed E-state index contributed by atoms with van der Waals surface area (Å²) in [6.45, 7) is 4.12. The Labute approximate surface area is 92.7 Å². The van der Waals surface area contributed by atoms with Gasteiger partial charge in [0.25, 0.3) is 0 Å². The number of rotatable bonds is 3. The number of ketones is 1. The highest BCUT2D eigenvalue weighted by Crippen LogP contribution is 2.11. The van der Waals surface area contributed by atoms with E-state index in [0.29, 0.717) is 12.3 Å². The second-order valence-electron chi connectivity index (χ2n) is 3.53. The van der Waals surface area contributed by atoms with Crippen molar-refractivity contribution in [2.45, 2.75) is 20.3 Å². The molecule has 0 N–H and O–H groups in total. The lowest BCUT2D eigenvalue weighted by molar-refractivity contribution is 0.0968. The molecule has 0 bridgehead atoms. The molecule has 13 heavy (non-hydrogen) atoms. The number of halogens is 1. The summed E-state index contributed by atoms with van der Waals surface area (Å²) in [5.74, 6) is 0.679. The van der Waals surface area contributed by atoms with Gasteiger partial charge in [0.15, 0.2) is 5.78 Å². The van der Waals surface area contributed by atoms with Crippen LogP contribution in [0.15, 0.2) is 24.3 Å². The maximum Gasteiger partial charge on any atom is 0.163 e. The van der Waals surface area contributed by atoms with Crippen molar-refractivity contribution in [1.82, 2.24) is 0 Å². The Hall–Kier alpha value is -0.380. The SMILES string of the molecule is CC(C)CC(=O)c1ccc(I)cc1. The topological polar surface area (TPSA) is 17.1 Å². The van der Waals surface area contributed by atoms with Gasteiger partial charge < -0.3 is 0 Å². The summed E-state index contributed by atoms with van der Waals surface area (Å²) in [4.78, 5) is 11.6. The molecule has 0 aliphatic rings. The van der Waals surface area contributed by atoms with Crippen LogP contribution in [0.1, 0.15) is 30.6 Å². The van der Waals surface area contributed by atoms with Crippen molar-refractivity contribution in [3.8, 4) is 0 Å². The lowest BCUT2D eigenvalue weighted by atomic mass is 10.0. The van der Waals surface area contributed by atoms with Crippen LogP contribution < -0.4 is 0 Å². The minimum Gasteiger partial charge on any atom is -0.294 e. The van der Waals surface area contributed by atoms with Gasteiger partial charge in [0.1, 0.15) is 0 Å². The molecule has 0 radical (unpaired) electrons. The smallest absolute Gasteiger partial charge is 0.163 e. The van der Waals surface area contributed by atoms with Gasteiger partial charge >= 0.3 is 0 Å². The fourth-order valence-corrected chi connectivity index (χ4v) is 1.48. The maximum absolute atomic E-state index is 11.6. The number of carbonyl (C=O) groups is 1. The molecule has 0 amide bonds. The minimum absolute atomic E-state index is 0.242. The van der Waals surface area contributed by atoms with Gasteiger partial charge in [-0.2, -0.15) is 0 Å². The van der Waals surface area contributed by atoms with Crippen LogP contribution in [-0.4, -0.2) is 5.78 Å². The molecule has 70 valence electrons. The van der Waals surface area contributed by atoms with E-state index in [9.17, 15) is 4.79 Å². The molecule has 1 nitrogen and oxygen atoms in total. The number of Topliss-reactive ketones (excluding diaryl/α,β-unsaturated/α-hetero) is 1. The van der Waals surface area contributed by atoms with Crippen LogP contribution in [0.2, 0.25) is 0 Å². The normalized spacial score (nSPS) is 10.5. The summed E-state index contributed by atoms with van der Waals surface area (Å²) in [5, 5.41) is 0. The molecule has 0 fully saturated rings. The number of hydrogen-bond acceptors (Lipinski definition) is 1. The molecule has 0 atom stereocenters. The van der Waals surface area contributed by atoms with Crippen LogP contribution in [0.5, 0.6) is 0 Å². The van der Waals surface area contributed by atoms with E-state index in [4.69, 9.17) is 0 Å². The molecule has 0 spiro atoms. The predicted molar refractivity (Wildman–Crippen MR) is 62.9 cm³/mol. The third-order valence-corrected chi connectivity index (χ3v) is 2.48. The lowest BCUT2D eigenvalue weighted by Gasteiger charge is -2.03. The highest BCUT2D eigenvalue weighted by molar-refractivity contribution is 14.1. The van der Waals surface area contributed by atoms with Crippen molar-refractivity contribution in [3.63, 3.8) is 0 Å². The van der Waals surface area contributed by atoms with Crippen molar-refractivity contribution in [2.24, 2.45) is 5.92 Å². The van der Waals surface area contributed by atoms with Gasteiger partial charge in [0.2, 0.25) is 0 Å². The van der Waals surface area contributed by atoms with E-state index < -0.39 is 0 Å². The maximum atomic E-state index is 11.6. The number of benzene rings is 1. The Morgan fingerprint density at radius 2 is 1.85 bits per heavy atom.